The van der Waals surface area contributed by atoms with Gasteiger partial charge >= 0.3 is 0 Å². The SMILES string of the molecule is O=C(NCCn1ccnc1)C1CC=CCC1. The van der Waals surface area contributed by atoms with Gasteiger partial charge in [0.1, 0.15) is 0 Å². The minimum absolute atomic E-state index is 0.174. The Labute approximate surface area is 95.4 Å². The number of hydrogen-bond acceptors (Lipinski definition) is 2. The summed E-state index contributed by atoms with van der Waals surface area (Å²) in [4.78, 5) is 15.7. The largest absolute Gasteiger partial charge is 0.354 e. The van der Waals surface area contributed by atoms with Gasteiger partial charge in [0.25, 0.3) is 0 Å². The molecule has 0 spiro atoms. The summed E-state index contributed by atoms with van der Waals surface area (Å²) in [6, 6.07) is 0. The van der Waals surface area contributed by atoms with E-state index < -0.39 is 0 Å². The summed E-state index contributed by atoms with van der Waals surface area (Å²) in [6.45, 7) is 1.46. The molecule has 4 heteroatoms. The van der Waals surface area contributed by atoms with E-state index >= 15 is 0 Å². The van der Waals surface area contributed by atoms with Gasteiger partial charge in [-0.1, -0.05) is 12.2 Å². The van der Waals surface area contributed by atoms with Crippen LogP contribution in [0.1, 0.15) is 19.3 Å². The summed E-state index contributed by atoms with van der Waals surface area (Å²) in [5.41, 5.74) is 0. The van der Waals surface area contributed by atoms with Crippen LogP contribution in [0, 0.1) is 5.92 Å². The second-order valence-corrected chi connectivity index (χ2v) is 4.07. The van der Waals surface area contributed by atoms with Crippen LogP contribution in [-0.4, -0.2) is 22.0 Å². The third kappa shape index (κ3) is 2.95. The summed E-state index contributed by atoms with van der Waals surface area (Å²) in [5, 5.41) is 2.97. The second-order valence-electron chi connectivity index (χ2n) is 4.07. The van der Waals surface area contributed by atoms with E-state index in [0.29, 0.717) is 6.54 Å². The normalized spacial score (nSPS) is 19.6. The van der Waals surface area contributed by atoms with Crippen molar-refractivity contribution in [3.8, 4) is 0 Å². The van der Waals surface area contributed by atoms with E-state index in [2.05, 4.69) is 22.5 Å². The zero-order valence-electron chi connectivity index (χ0n) is 9.30. The highest BCUT2D eigenvalue weighted by Crippen LogP contribution is 2.17. The quantitative estimate of drug-likeness (QED) is 0.777. The molecule has 0 saturated carbocycles. The number of nitrogens with one attached hydrogen (secondary N) is 1. The van der Waals surface area contributed by atoms with Crippen LogP contribution in [0.4, 0.5) is 0 Å². The molecule has 4 nitrogen and oxygen atoms in total. The Hall–Kier alpha value is -1.58. The lowest BCUT2D eigenvalue weighted by Crippen LogP contribution is -2.33. The predicted molar refractivity (Wildman–Crippen MR) is 61.7 cm³/mol. The fraction of sp³-hybridized carbons (Fsp3) is 0.500. The van der Waals surface area contributed by atoms with Crippen molar-refractivity contribution in [1.82, 2.24) is 14.9 Å². The molecule has 1 unspecified atom stereocenters. The molecule has 1 aromatic heterocycles. The van der Waals surface area contributed by atoms with Crippen molar-refractivity contribution in [2.24, 2.45) is 5.92 Å². The predicted octanol–water partition coefficient (Wildman–Crippen LogP) is 1.36. The van der Waals surface area contributed by atoms with Crippen molar-refractivity contribution >= 4 is 5.91 Å². The number of allylic oxidation sites excluding steroid dienone is 2. The third-order valence-corrected chi connectivity index (χ3v) is 2.87. The van der Waals surface area contributed by atoms with Crippen LogP contribution < -0.4 is 5.32 Å². The van der Waals surface area contributed by atoms with Crippen molar-refractivity contribution in [2.75, 3.05) is 6.54 Å². The first-order valence-electron chi connectivity index (χ1n) is 5.75. The lowest BCUT2D eigenvalue weighted by molar-refractivity contribution is -0.125. The van der Waals surface area contributed by atoms with Gasteiger partial charge in [0.05, 0.1) is 6.33 Å². The fourth-order valence-corrected chi connectivity index (χ4v) is 1.90. The van der Waals surface area contributed by atoms with E-state index in [4.69, 9.17) is 0 Å². The first-order valence-corrected chi connectivity index (χ1v) is 5.75. The van der Waals surface area contributed by atoms with Crippen LogP contribution in [0.2, 0.25) is 0 Å². The van der Waals surface area contributed by atoms with Gasteiger partial charge in [-0.05, 0) is 19.3 Å². The molecular weight excluding hydrogens is 202 g/mol. The Balaban J connectivity index is 1.69. The number of amides is 1. The summed E-state index contributed by atoms with van der Waals surface area (Å²) in [7, 11) is 0. The Morgan fingerprint density at radius 3 is 3.12 bits per heavy atom. The molecule has 2 rings (SSSR count). The van der Waals surface area contributed by atoms with Gasteiger partial charge in [0, 0.05) is 31.4 Å². The number of hydrogen-bond donors (Lipinski definition) is 1. The number of rotatable bonds is 4. The Bertz CT molecular complexity index is 356. The molecule has 0 aliphatic heterocycles. The monoisotopic (exact) mass is 219 g/mol. The van der Waals surface area contributed by atoms with Crippen LogP contribution in [0.3, 0.4) is 0 Å². The molecule has 1 atom stereocenters. The number of imidazole rings is 1. The van der Waals surface area contributed by atoms with E-state index in [1.54, 1.807) is 12.5 Å². The number of aromatic nitrogens is 2. The highest BCUT2D eigenvalue weighted by molar-refractivity contribution is 5.78. The van der Waals surface area contributed by atoms with Gasteiger partial charge in [-0.25, -0.2) is 4.98 Å². The second kappa shape index (κ2) is 5.49. The van der Waals surface area contributed by atoms with Gasteiger partial charge in [0.2, 0.25) is 5.91 Å². The molecule has 0 aromatic carbocycles. The lowest BCUT2D eigenvalue weighted by atomic mass is 9.94. The van der Waals surface area contributed by atoms with Crippen molar-refractivity contribution in [3.05, 3.63) is 30.9 Å². The first-order chi connectivity index (χ1) is 7.86. The molecule has 0 bridgehead atoms. The van der Waals surface area contributed by atoms with Crippen molar-refractivity contribution in [2.45, 2.75) is 25.8 Å². The molecule has 1 N–H and O–H groups in total. The molecule has 1 aliphatic carbocycles. The minimum atomic E-state index is 0.174. The molecule has 86 valence electrons. The smallest absolute Gasteiger partial charge is 0.223 e. The average Bonchev–Trinajstić information content (AvgIpc) is 2.83. The molecule has 0 radical (unpaired) electrons. The van der Waals surface area contributed by atoms with Crippen LogP contribution >= 0.6 is 0 Å². The molecule has 1 aliphatic rings. The van der Waals surface area contributed by atoms with Gasteiger partial charge < -0.3 is 9.88 Å². The van der Waals surface area contributed by atoms with E-state index in [1.807, 2.05) is 10.8 Å². The van der Waals surface area contributed by atoms with E-state index in [9.17, 15) is 4.79 Å². The first kappa shape index (κ1) is 10.9. The Morgan fingerprint density at radius 1 is 1.50 bits per heavy atom. The minimum Gasteiger partial charge on any atom is -0.354 e. The zero-order valence-corrected chi connectivity index (χ0v) is 9.30. The molecule has 1 aromatic rings. The molecule has 1 heterocycles. The maximum atomic E-state index is 11.8. The van der Waals surface area contributed by atoms with Crippen LogP contribution in [0.25, 0.3) is 0 Å². The van der Waals surface area contributed by atoms with Gasteiger partial charge in [-0.2, -0.15) is 0 Å². The number of nitrogens with zero attached hydrogens (tertiary/aromatic N) is 2. The summed E-state index contributed by atoms with van der Waals surface area (Å²) < 4.78 is 1.96. The summed E-state index contributed by atoms with van der Waals surface area (Å²) in [6.07, 6.45) is 12.5. The van der Waals surface area contributed by atoms with Gasteiger partial charge in [-0.3, -0.25) is 4.79 Å². The molecule has 0 saturated heterocycles. The molecular formula is C12H17N3O. The maximum Gasteiger partial charge on any atom is 0.223 e. The van der Waals surface area contributed by atoms with Crippen molar-refractivity contribution in [3.63, 3.8) is 0 Å². The average molecular weight is 219 g/mol. The van der Waals surface area contributed by atoms with E-state index in [1.165, 1.54) is 0 Å². The summed E-state index contributed by atoms with van der Waals surface area (Å²) in [5.74, 6) is 0.359. The topological polar surface area (TPSA) is 46.9 Å². The Morgan fingerprint density at radius 2 is 2.44 bits per heavy atom. The van der Waals surface area contributed by atoms with Crippen molar-refractivity contribution < 1.29 is 4.79 Å². The van der Waals surface area contributed by atoms with Crippen LogP contribution in [-0.2, 0) is 11.3 Å². The highest BCUT2D eigenvalue weighted by Gasteiger charge is 2.17. The van der Waals surface area contributed by atoms with Crippen LogP contribution in [0.15, 0.2) is 30.9 Å². The standard InChI is InChI=1S/C12H17N3O/c16-12(11-4-2-1-3-5-11)14-7-9-15-8-6-13-10-15/h1-2,6,8,10-11H,3-5,7,9H2,(H,14,16). The maximum absolute atomic E-state index is 11.8. The Kier molecular flexibility index (Phi) is 3.75. The highest BCUT2D eigenvalue weighted by atomic mass is 16.1. The molecule has 16 heavy (non-hydrogen) atoms. The van der Waals surface area contributed by atoms with Crippen LogP contribution in [0.5, 0.6) is 0 Å². The van der Waals surface area contributed by atoms with E-state index in [0.717, 1.165) is 25.8 Å². The lowest BCUT2D eigenvalue weighted by Gasteiger charge is -2.17. The molecule has 1 amide bonds. The number of carbonyl (C=O) groups excluding carboxylic acids is 1. The van der Waals surface area contributed by atoms with Gasteiger partial charge in [-0.15, -0.1) is 0 Å². The third-order valence-electron chi connectivity index (χ3n) is 2.87. The summed E-state index contributed by atoms with van der Waals surface area (Å²) >= 11 is 0. The van der Waals surface area contributed by atoms with Crippen molar-refractivity contribution in [1.29, 1.82) is 0 Å². The number of carbonyl (C=O) groups is 1. The zero-order chi connectivity index (χ0) is 11.2. The molecule has 0 fully saturated rings. The van der Waals surface area contributed by atoms with Gasteiger partial charge in [0.15, 0.2) is 0 Å². The fourth-order valence-electron chi connectivity index (χ4n) is 1.90. The van der Waals surface area contributed by atoms with E-state index in [-0.39, 0.29) is 11.8 Å².